The molecule has 5 nitrogen and oxygen atoms in total. The molecule has 0 fully saturated rings. The van der Waals surface area contributed by atoms with E-state index < -0.39 is 5.97 Å². The number of hydrogen-bond donors (Lipinski definition) is 2. The molecule has 0 bridgehead atoms. The molecule has 148 valence electrons. The Morgan fingerprint density at radius 3 is 2.48 bits per heavy atom. The van der Waals surface area contributed by atoms with Crippen molar-refractivity contribution in [1.29, 1.82) is 0 Å². The summed E-state index contributed by atoms with van der Waals surface area (Å²) in [6.07, 6.45) is 1.62. The van der Waals surface area contributed by atoms with Crippen molar-refractivity contribution in [3.63, 3.8) is 0 Å². The van der Waals surface area contributed by atoms with E-state index in [1.165, 1.54) is 12.1 Å². The molecule has 3 aromatic rings. The van der Waals surface area contributed by atoms with Crippen molar-refractivity contribution < 1.29 is 14.6 Å². The molecular formula is C21H15Cl3N2O3. The molecule has 8 heteroatoms. The third-order valence-electron chi connectivity index (χ3n) is 3.92. The van der Waals surface area contributed by atoms with Crippen LogP contribution in [0.5, 0.6) is 5.75 Å². The Kier molecular flexibility index (Phi) is 6.99. The monoisotopic (exact) mass is 448 g/mol. The number of hydrazone groups is 1. The Labute approximate surface area is 182 Å². The second kappa shape index (κ2) is 9.65. The molecule has 3 rings (SSSR count). The summed E-state index contributed by atoms with van der Waals surface area (Å²) in [6, 6.07) is 16.9. The first-order valence-corrected chi connectivity index (χ1v) is 9.55. The van der Waals surface area contributed by atoms with E-state index >= 15 is 0 Å². The Bertz CT molecular complexity index is 1050. The van der Waals surface area contributed by atoms with E-state index in [2.05, 4.69) is 10.5 Å². The number of benzene rings is 3. The first kappa shape index (κ1) is 21.0. The van der Waals surface area contributed by atoms with Gasteiger partial charge in [-0.1, -0.05) is 46.9 Å². The van der Waals surface area contributed by atoms with Gasteiger partial charge in [0.2, 0.25) is 0 Å². The van der Waals surface area contributed by atoms with Gasteiger partial charge in [-0.2, -0.15) is 5.10 Å². The quantitative estimate of drug-likeness (QED) is 0.250. The fourth-order valence-electron chi connectivity index (χ4n) is 2.41. The van der Waals surface area contributed by atoms with Crippen molar-refractivity contribution in [2.45, 2.75) is 6.61 Å². The lowest BCUT2D eigenvalue weighted by atomic mass is 10.2. The number of aromatic carboxylic acids is 1. The van der Waals surface area contributed by atoms with Crippen LogP contribution in [0.2, 0.25) is 15.1 Å². The summed E-state index contributed by atoms with van der Waals surface area (Å²) in [6.45, 7) is 0.174. The van der Waals surface area contributed by atoms with Gasteiger partial charge in [-0.05, 0) is 54.1 Å². The van der Waals surface area contributed by atoms with E-state index in [-0.39, 0.29) is 12.2 Å². The number of rotatable bonds is 7. The molecule has 0 unspecified atom stereocenters. The molecule has 0 heterocycles. The summed E-state index contributed by atoms with van der Waals surface area (Å²) in [5.74, 6) is -0.357. The summed E-state index contributed by atoms with van der Waals surface area (Å²) >= 11 is 18.4. The molecule has 3 aromatic carbocycles. The van der Waals surface area contributed by atoms with E-state index in [9.17, 15) is 4.79 Å². The Balaban J connectivity index is 1.63. The molecule has 0 atom stereocenters. The number of hydrogen-bond acceptors (Lipinski definition) is 4. The lowest BCUT2D eigenvalue weighted by molar-refractivity contribution is 0.0697. The van der Waals surface area contributed by atoms with Crippen LogP contribution >= 0.6 is 34.8 Å². The van der Waals surface area contributed by atoms with Gasteiger partial charge < -0.3 is 9.84 Å². The number of anilines is 1. The first-order chi connectivity index (χ1) is 13.9. The highest BCUT2D eigenvalue weighted by Crippen LogP contribution is 2.32. The number of carbonyl (C=O) groups is 1. The van der Waals surface area contributed by atoms with Crippen molar-refractivity contribution >= 4 is 52.7 Å². The lowest BCUT2D eigenvalue weighted by Crippen LogP contribution is -1.99. The van der Waals surface area contributed by atoms with E-state index in [4.69, 9.17) is 44.6 Å². The third kappa shape index (κ3) is 5.64. The van der Waals surface area contributed by atoms with Gasteiger partial charge in [0.15, 0.2) is 0 Å². The second-order valence-electron chi connectivity index (χ2n) is 5.94. The molecule has 0 amide bonds. The summed E-state index contributed by atoms with van der Waals surface area (Å²) in [7, 11) is 0. The molecule has 2 N–H and O–H groups in total. The van der Waals surface area contributed by atoms with Crippen molar-refractivity contribution in [2.24, 2.45) is 5.10 Å². The van der Waals surface area contributed by atoms with Crippen molar-refractivity contribution in [3.8, 4) is 5.75 Å². The van der Waals surface area contributed by atoms with Gasteiger partial charge in [0.25, 0.3) is 0 Å². The normalized spacial score (nSPS) is 10.9. The highest BCUT2D eigenvalue weighted by molar-refractivity contribution is 6.44. The van der Waals surface area contributed by atoms with Crippen LogP contribution in [-0.2, 0) is 6.61 Å². The summed E-state index contributed by atoms with van der Waals surface area (Å²) in [4.78, 5) is 10.9. The molecule has 0 saturated carbocycles. The SMILES string of the molecule is O=C(O)c1ccc(N/N=C/c2cccc(OCc3c(Cl)ccc(Cl)c3Cl)c2)cc1. The zero-order valence-electron chi connectivity index (χ0n) is 14.9. The number of carboxylic acid groups (broad SMARTS) is 1. The fraction of sp³-hybridized carbons (Fsp3) is 0.0476. The van der Waals surface area contributed by atoms with Gasteiger partial charge in [-0.15, -0.1) is 0 Å². The minimum Gasteiger partial charge on any atom is -0.489 e. The van der Waals surface area contributed by atoms with E-state index in [1.54, 1.807) is 30.5 Å². The van der Waals surface area contributed by atoms with Crippen LogP contribution in [0.15, 0.2) is 65.8 Å². The number of ether oxygens (including phenoxy) is 1. The van der Waals surface area contributed by atoms with Gasteiger partial charge >= 0.3 is 5.97 Å². The van der Waals surface area contributed by atoms with E-state index in [1.807, 2.05) is 24.3 Å². The Hall–Kier alpha value is -2.73. The van der Waals surface area contributed by atoms with Crippen LogP contribution in [0.3, 0.4) is 0 Å². The van der Waals surface area contributed by atoms with Crippen LogP contribution in [0.25, 0.3) is 0 Å². The van der Waals surface area contributed by atoms with Gasteiger partial charge in [-0.3, -0.25) is 5.43 Å². The third-order valence-corrected chi connectivity index (χ3v) is 5.12. The van der Waals surface area contributed by atoms with Crippen LogP contribution in [0, 0.1) is 0 Å². The topological polar surface area (TPSA) is 70.9 Å². The predicted molar refractivity (Wildman–Crippen MR) is 117 cm³/mol. The maximum Gasteiger partial charge on any atom is 0.335 e. The van der Waals surface area contributed by atoms with Crippen molar-refractivity contribution in [1.82, 2.24) is 0 Å². The standard InChI is InChI=1S/C21H15Cl3N2O3/c22-18-8-9-19(23)20(24)17(18)12-29-16-3-1-2-13(10-16)11-25-26-15-6-4-14(5-7-15)21(27)28/h1-11,26H,12H2,(H,27,28)/b25-11+. The van der Waals surface area contributed by atoms with Gasteiger partial charge in [-0.25, -0.2) is 4.79 Å². The molecule has 0 aliphatic heterocycles. The van der Waals surface area contributed by atoms with Gasteiger partial charge in [0.05, 0.1) is 27.5 Å². The number of nitrogens with zero attached hydrogens (tertiary/aromatic N) is 1. The van der Waals surface area contributed by atoms with Gasteiger partial charge in [0, 0.05) is 10.6 Å². The maximum absolute atomic E-state index is 10.9. The van der Waals surface area contributed by atoms with Crippen LogP contribution in [0.1, 0.15) is 21.5 Å². The molecule has 0 saturated heterocycles. The van der Waals surface area contributed by atoms with Crippen molar-refractivity contribution in [2.75, 3.05) is 5.43 Å². The lowest BCUT2D eigenvalue weighted by Gasteiger charge is -2.11. The Morgan fingerprint density at radius 1 is 1.03 bits per heavy atom. The van der Waals surface area contributed by atoms with E-state index in [0.29, 0.717) is 32.1 Å². The number of halogens is 3. The van der Waals surface area contributed by atoms with Gasteiger partial charge in [0.1, 0.15) is 12.4 Å². The highest BCUT2D eigenvalue weighted by atomic mass is 35.5. The first-order valence-electron chi connectivity index (χ1n) is 8.41. The molecule has 0 aliphatic carbocycles. The van der Waals surface area contributed by atoms with E-state index in [0.717, 1.165) is 5.56 Å². The smallest absolute Gasteiger partial charge is 0.335 e. The fourth-order valence-corrected chi connectivity index (χ4v) is 3.07. The molecule has 29 heavy (non-hydrogen) atoms. The zero-order chi connectivity index (χ0) is 20.8. The summed E-state index contributed by atoms with van der Waals surface area (Å²) in [5, 5.41) is 14.3. The summed E-state index contributed by atoms with van der Waals surface area (Å²) in [5.41, 5.74) is 5.15. The zero-order valence-corrected chi connectivity index (χ0v) is 17.2. The van der Waals surface area contributed by atoms with Crippen LogP contribution in [0.4, 0.5) is 5.69 Å². The second-order valence-corrected chi connectivity index (χ2v) is 7.13. The minimum absolute atomic E-state index is 0.174. The molecule has 0 aliphatic rings. The van der Waals surface area contributed by atoms with Crippen molar-refractivity contribution in [3.05, 3.63) is 92.4 Å². The maximum atomic E-state index is 10.9. The molecule has 0 radical (unpaired) electrons. The summed E-state index contributed by atoms with van der Waals surface area (Å²) < 4.78 is 5.78. The number of nitrogens with one attached hydrogen (secondary N) is 1. The van der Waals surface area contributed by atoms with Crippen LogP contribution < -0.4 is 10.2 Å². The molecule has 0 spiro atoms. The minimum atomic E-state index is -0.975. The van der Waals surface area contributed by atoms with Crippen LogP contribution in [-0.4, -0.2) is 17.3 Å². The average molecular weight is 450 g/mol. The molecular weight excluding hydrogens is 435 g/mol. The highest BCUT2D eigenvalue weighted by Gasteiger charge is 2.10. The Morgan fingerprint density at radius 2 is 1.76 bits per heavy atom. The largest absolute Gasteiger partial charge is 0.489 e. The number of carboxylic acids is 1. The average Bonchev–Trinajstić information content (AvgIpc) is 2.71. The molecule has 0 aromatic heterocycles. The predicted octanol–water partition coefficient (Wildman–Crippen LogP) is 6.37.